The summed E-state index contributed by atoms with van der Waals surface area (Å²) >= 11 is 1.85. The van der Waals surface area contributed by atoms with Gasteiger partial charge in [0.25, 0.3) is 0 Å². The number of aryl methyl sites for hydroxylation is 1. The molecule has 1 atom stereocenters. The minimum atomic E-state index is 0.769. The molecule has 0 saturated heterocycles. The first-order valence-corrected chi connectivity index (χ1v) is 9.54. The van der Waals surface area contributed by atoms with Crippen LogP contribution in [0.3, 0.4) is 0 Å². The molecule has 24 heavy (non-hydrogen) atoms. The fourth-order valence-electron chi connectivity index (χ4n) is 3.34. The van der Waals surface area contributed by atoms with Crippen LogP contribution in [0.25, 0.3) is 21.6 Å². The Labute approximate surface area is 146 Å². The average Bonchev–Trinajstić information content (AvgIpc) is 2.97. The van der Waals surface area contributed by atoms with Gasteiger partial charge < -0.3 is 5.32 Å². The van der Waals surface area contributed by atoms with Crippen LogP contribution in [0.1, 0.15) is 37.1 Å². The number of rotatable bonds is 4. The van der Waals surface area contributed by atoms with Gasteiger partial charge in [0, 0.05) is 29.4 Å². The Kier molecular flexibility index (Phi) is 4.19. The fourth-order valence-corrected chi connectivity index (χ4v) is 4.73. The lowest BCUT2D eigenvalue weighted by molar-refractivity contribution is 0.509. The summed E-state index contributed by atoms with van der Waals surface area (Å²) < 4.78 is 0. The molecule has 0 radical (unpaired) electrons. The lowest BCUT2D eigenvalue weighted by Crippen LogP contribution is -2.10. The molecule has 0 aromatic carbocycles. The molecule has 3 aromatic heterocycles. The van der Waals surface area contributed by atoms with Gasteiger partial charge in [0.05, 0.1) is 5.39 Å². The lowest BCUT2D eigenvalue weighted by Gasteiger charge is -2.18. The average molecular weight is 338 g/mol. The molecule has 3 aromatic rings. The molecule has 0 spiro atoms. The van der Waals surface area contributed by atoms with Crippen LogP contribution in [0.15, 0.2) is 24.5 Å². The lowest BCUT2D eigenvalue weighted by atomic mass is 9.89. The molecule has 1 aliphatic rings. The second-order valence-electron chi connectivity index (χ2n) is 6.59. The zero-order valence-electron chi connectivity index (χ0n) is 14.2. The molecule has 1 unspecified atom stereocenters. The van der Waals surface area contributed by atoms with Gasteiger partial charge in [-0.05, 0) is 49.3 Å². The smallest absolute Gasteiger partial charge is 0.163 e. The van der Waals surface area contributed by atoms with E-state index in [-0.39, 0.29) is 0 Å². The Balaban J connectivity index is 1.89. The van der Waals surface area contributed by atoms with Gasteiger partial charge in [0.1, 0.15) is 10.6 Å². The first-order valence-electron chi connectivity index (χ1n) is 8.72. The van der Waals surface area contributed by atoms with Crippen molar-refractivity contribution in [3.63, 3.8) is 0 Å². The molecule has 0 amide bonds. The largest absolute Gasteiger partial charge is 0.369 e. The molecule has 4 nitrogen and oxygen atoms in total. The van der Waals surface area contributed by atoms with Gasteiger partial charge in [0.15, 0.2) is 5.82 Å². The Bertz CT molecular complexity index is 857. The van der Waals surface area contributed by atoms with Crippen molar-refractivity contribution >= 4 is 27.4 Å². The molecule has 4 rings (SSSR count). The van der Waals surface area contributed by atoms with Crippen LogP contribution < -0.4 is 5.32 Å². The molecule has 124 valence electrons. The number of hydrogen-bond donors (Lipinski definition) is 1. The third kappa shape index (κ3) is 2.77. The molecular formula is C19H22N4S. The zero-order valence-corrected chi connectivity index (χ0v) is 15.0. The highest BCUT2D eigenvalue weighted by molar-refractivity contribution is 7.19. The minimum absolute atomic E-state index is 0.769. The number of fused-ring (bicyclic) bond motifs is 3. The summed E-state index contributed by atoms with van der Waals surface area (Å²) in [6.07, 6.45) is 8.26. The van der Waals surface area contributed by atoms with Gasteiger partial charge in [0.2, 0.25) is 0 Å². The Morgan fingerprint density at radius 1 is 1.25 bits per heavy atom. The molecule has 0 fully saturated rings. The highest BCUT2D eigenvalue weighted by Gasteiger charge is 2.24. The summed E-state index contributed by atoms with van der Waals surface area (Å²) in [5.74, 6) is 2.56. The second kappa shape index (κ2) is 6.48. The maximum Gasteiger partial charge on any atom is 0.163 e. The van der Waals surface area contributed by atoms with Crippen molar-refractivity contribution in [2.75, 3.05) is 11.9 Å². The van der Waals surface area contributed by atoms with Crippen molar-refractivity contribution in [2.45, 2.75) is 39.5 Å². The maximum atomic E-state index is 4.88. The van der Waals surface area contributed by atoms with Gasteiger partial charge >= 0.3 is 0 Å². The number of hydrogen-bond acceptors (Lipinski definition) is 5. The number of anilines is 1. The first kappa shape index (κ1) is 15.5. The van der Waals surface area contributed by atoms with E-state index in [4.69, 9.17) is 9.97 Å². The van der Waals surface area contributed by atoms with Crippen molar-refractivity contribution in [3.05, 3.63) is 35.0 Å². The van der Waals surface area contributed by atoms with Gasteiger partial charge in [-0.1, -0.05) is 13.8 Å². The molecule has 0 bridgehead atoms. The Morgan fingerprint density at radius 2 is 2.08 bits per heavy atom. The van der Waals surface area contributed by atoms with Gasteiger partial charge in [-0.3, -0.25) is 4.98 Å². The van der Waals surface area contributed by atoms with Crippen LogP contribution in [-0.2, 0) is 12.8 Å². The van der Waals surface area contributed by atoms with E-state index in [1.807, 2.05) is 23.5 Å². The van der Waals surface area contributed by atoms with E-state index in [2.05, 4.69) is 24.1 Å². The third-order valence-corrected chi connectivity index (χ3v) is 5.78. The van der Waals surface area contributed by atoms with Crippen LogP contribution in [0.4, 0.5) is 5.82 Å². The SMILES string of the molecule is CCCNc1nc(-c2ccncc2)nc2sc3c(c12)CCC(C)C3. The van der Waals surface area contributed by atoms with Crippen LogP contribution in [-0.4, -0.2) is 21.5 Å². The minimum Gasteiger partial charge on any atom is -0.369 e. The van der Waals surface area contributed by atoms with E-state index in [1.54, 1.807) is 12.4 Å². The number of nitrogens with one attached hydrogen (secondary N) is 1. The third-order valence-electron chi connectivity index (χ3n) is 4.64. The van der Waals surface area contributed by atoms with Crippen LogP contribution in [0.2, 0.25) is 0 Å². The number of nitrogens with zero attached hydrogens (tertiary/aromatic N) is 3. The van der Waals surface area contributed by atoms with E-state index in [0.717, 1.165) is 47.3 Å². The molecular weight excluding hydrogens is 316 g/mol. The number of pyridine rings is 1. The fraction of sp³-hybridized carbons (Fsp3) is 0.421. The normalized spacial score (nSPS) is 17.0. The first-order chi connectivity index (χ1) is 11.8. The van der Waals surface area contributed by atoms with Gasteiger partial charge in [-0.2, -0.15) is 0 Å². The summed E-state index contributed by atoms with van der Waals surface area (Å²) in [5.41, 5.74) is 2.50. The van der Waals surface area contributed by atoms with E-state index in [0.29, 0.717) is 0 Å². The predicted octanol–water partition coefficient (Wildman–Crippen LogP) is 4.70. The molecule has 3 heterocycles. The Hall–Kier alpha value is -2.01. The topological polar surface area (TPSA) is 50.7 Å². The molecule has 1 aliphatic carbocycles. The van der Waals surface area contributed by atoms with Gasteiger partial charge in [-0.15, -0.1) is 11.3 Å². The number of aromatic nitrogens is 3. The van der Waals surface area contributed by atoms with E-state index < -0.39 is 0 Å². The van der Waals surface area contributed by atoms with E-state index >= 15 is 0 Å². The van der Waals surface area contributed by atoms with Crippen molar-refractivity contribution in [2.24, 2.45) is 5.92 Å². The highest BCUT2D eigenvalue weighted by atomic mass is 32.1. The summed E-state index contributed by atoms with van der Waals surface area (Å²) in [7, 11) is 0. The monoisotopic (exact) mass is 338 g/mol. The standard InChI is InChI=1S/C19H22N4S/c1-3-8-21-18-16-14-5-4-12(2)11-15(14)24-19(16)23-17(22-18)13-6-9-20-10-7-13/h6-7,9-10,12H,3-5,8,11H2,1-2H3,(H,21,22,23). The highest BCUT2D eigenvalue weighted by Crippen LogP contribution is 2.40. The quantitative estimate of drug-likeness (QED) is 0.749. The van der Waals surface area contributed by atoms with Crippen LogP contribution >= 0.6 is 11.3 Å². The van der Waals surface area contributed by atoms with Gasteiger partial charge in [-0.25, -0.2) is 9.97 Å². The summed E-state index contributed by atoms with van der Waals surface area (Å²) in [6, 6.07) is 3.95. The summed E-state index contributed by atoms with van der Waals surface area (Å²) in [4.78, 5) is 16.5. The van der Waals surface area contributed by atoms with Crippen LogP contribution in [0.5, 0.6) is 0 Å². The number of thiophene rings is 1. The zero-order chi connectivity index (χ0) is 16.5. The predicted molar refractivity (Wildman–Crippen MR) is 101 cm³/mol. The molecule has 1 N–H and O–H groups in total. The van der Waals surface area contributed by atoms with Crippen molar-refractivity contribution in [1.82, 2.24) is 15.0 Å². The van der Waals surface area contributed by atoms with Crippen molar-refractivity contribution in [3.8, 4) is 11.4 Å². The van der Waals surface area contributed by atoms with Crippen LogP contribution in [0, 0.1) is 5.92 Å². The van der Waals surface area contributed by atoms with E-state index in [1.165, 1.54) is 28.7 Å². The second-order valence-corrected chi connectivity index (χ2v) is 7.67. The van der Waals surface area contributed by atoms with Crippen molar-refractivity contribution in [1.29, 1.82) is 0 Å². The summed E-state index contributed by atoms with van der Waals surface area (Å²) in [6.45, 7) is 5.46. The van der Waals surface area contributed by atoms with Crippen molar-refractivity contribution < 1.29 is 0 Å². The molecule has 5 heteroatoms. The maximum absolute atomic E-state index is 4.88. The summed E-state index contributed by atoms with van der Waals surface area (Å²) in [5, 5.41) is 4.79. The molecule has 0 aliphatic heterocycles. The molecule has 0 saturated carbocycles. The Morgan fingerprint density at radius 3 is 2.88 bits per heavy atom. The van der Waals surface area contributed by atoms with E-state index in [9.17, 15) is 0 Å².